The van der Waals surface area contributed by atoms with Crippen LogP contribution in [0.5, 0.6) is 0 Å². The number of nitrogens with one attached hydrogen (secondary N) is 2. The first-order valence-corrected chi connectivity index (χ1v) is 7.57. The van der Waals surface area contributed by atoms with Crippen molar-refractivity contribution in [3.05, 3.63) is 11.6 Å². The average Bonchev–Trinajstić information content (AvgIpc) is 3.05. The van der Waals surface area contributed by atoms with Crippen LogP contribution in [-0.4, -0.2) is 46.0 Å². The fraction of sp³-hybridized carbons (Fsp3) is 0.786. The van der Waals surface area contributed by atoms with Crippen LogP contribution in [0.1, 0.15) is 38.3 Å². The van der Waals surface area contributed by atoms with Gasteiger partial charge in [0.25, 0.3) is 0 Å². The van der Waals surface area contributed by atoms with E-state index in [1.54, 1.807) is 0 Å². The molecule has 0 bridgehead atoms. The normalized spacial score (nSPS) is 19.3. The van der Waals surface area contributed by atoms with Crippen LogP contribution in [0.15, 0.2) is 4.99 Å². The fourth-order valence-corrected chi connectivity index (χ4v) is 2.18. The predicted octanol–water partition coefficient (Wildman–Crippen LogP) is 0.746. The van der Waals surface area contributed by atoms with Gasteiger partial charge in [-0.15, -0.1) is 10.2 Å². The van der Waals surface area contributed by atoms with E-state index >= 15 is 0 Å². The molecular weight excluding hydrogens is 268 g/mol. The molecule has 7 heteroatoms. The summed E-state index contributed by atoms with van der Waals surface area (Å²) in [6, 6.07) is 0.321. The molecule has 1 aromatic heterocycles. The van der Waals surface area contributed by atoms with E-state index in [2.05, 4.69) is 39.7 Å². The van der Waals surface area contributed by atoms with Crippen molar-refractivity contribution in [3.8, 4) is 0 Å². The largest absolute Gasteiger partial charge is 0.376 e. The molecule has 21 heavy (non-hydrogen) atoms. The van der Waals surface area contributed by atoms with Crippen LogP contribution in [0.4, 0.5) is 0 Å². The Bertz CT molecular complexity index is 476. The van der Waals surface area contributed by atoms with E-state index in [9.17, 15) is 0 Å². The Kier molecular flexibility index (Phi) is 5.55. The predicted molar refractivity (Wildman–Crippen MR) is 82.1 cm³/mol. The summed E-state index contributed by atoms with van der Waals surface area (Å²) in [4.78, 5) is 4.58. The van der Waals surface area contributed by atoms with Gasteiger partial charge in [-0.25, -0.2) is 4.99 Å². The van der Waals surface area contributed by atoms with Crippen molar-refractivity contribution in [2.24, 2.45) is 12.0 Å². The van der Waals surface area contributed by atoms with E-state index < -0.39 is 0 Å². The van der Waals surface area contributed by atoms with Crippen LogP contribution in [0.25, 0.3) is 0 Å². The Morgan fingerprint density at radius 2 is 2.29 bits per heavy atom. The van der Waals surface area contributed by atoms with Crippen molar-refractivity contribution in [1.29, 1.82) is 0 Å². The molecule has 1 aliphatic rings. The Morgan fingerprint density at radius 1 is 1.48 bits per heavy atom. The number of aryl methyl sites for hydroxylation is 1. The molecule has 0 spiro atoms. The summed E-state index contributed by atoms with van der Waals surface area (Å²) in [7, 11) is 1.95. The van der Waals surface area contributed by atoms with E-state index in [0.717, 1.165) is 43.6 Å². The van der Waals surface area contributed by atoms with Crippen molar-refractivity contribution in [2.45, 2.75) is 52.3 Å². The lowest BCUT2D eigenvalue weighted by Gasteiger charge is -2.17. The number of ether oxygens (including phenoxy) is 1. The zero-order valence-electron chi connectivity index (χ0n) is 13.4. The highest BCUT2D eigenvalue weighted by Crippen LogP contribution is 2.10. The molecule has 2 heterocycles. The third kappa shape index (κ3) is 4.70. The number of aromatic nitrogens is 3. The van der Waals surface area contributed by atoms with Gasteiger partial charge in [0.2, 0.25) is 0 Å². The molecule has 1 atom stereocenters. The first kappa shape index (κ1) is 15.8. The average molecular weight is 294 g/mol. The lowest BCUT2D eigenvalue weighted by Crippen LogP contribution is -2.44. The minimum Gasteiger partial charge on any atom is -0.376 e. The summed E-state index contributed by atoms with van der Waals surface area (Å²) in [5.74, 6) is 2.54. The molecule has 0 aliphatic carbocycles. The SMILES string of the molecule is Cc1nnc(CN=C(NCC2CCCO2)NC(C)C)n1C. The van der Waals surface area contributed by atoms with Crippen LogP contribution in [0.3, 0.4) is 0 Å². The van der Waals surface area contributed by atoms with Gasteiger partial charge in [0.15, 0.2) is 11.8 Å². The molecule has 1 saturated heterocycles. The van der Waals surface area contributed by atoms with E-state index in [0.29, 0.717) is 18.7 Å². The van der Waals surface area contributed by atoms with Crippen LogP contribution in [0.2, 0.25) is 0 Å². The Morgan fingerprint density at radius 3 is 2.86 bits per heavy atom. The molecule has 1 aliphatic heterocycles. The summed E-state index contributed by atoms with van der Waals surface area (Å²) < 4.78 is 7.58. The standard InChI is InChI=1S/C14H26N6O/c1-10(2)17-14(15-8-12-6-5-7-21-12)16-9-13-19-18-11(3)20(13)4/h10,12H,5-9H2,1-4H3,(H2,15,16,17). The van der Waals surface area contributed by atoms with Gasteiger partial charge < -0.3 is 19.9 Å². The second kappa shape index (κ2) is 7.40. The van der Waals surface area contributed by atoms with Gasteiger partial charge >= 0.3 is 0 Å². The maximum atomic E-state index is 5.62. The Labute approximate surface area is 126 Å². The maximum Gasteiger partial charge on any atom is 0.191 e. The number of guanidine groups is 1. The summed E-state index contributed by atoms with van der Waals surface area (Å²) in [6.07, 6.45) is 2.56. The molecule has 7 nitrogen and oxygen atoms in total. The lowest BCUT2D eigenvalue weighted by molar-refractivity contribution is 0.113. The Balaban J connectivity index is 1.93. The summed E-state index contributed by atoms with van der Waals surface area (Å²) in [6.45, 7) is 8.28. The maximum absolute atomic E-state index is 5.62. The van der Waals surface area contributed by atoms with Gasteiger partial charge in [-0.3, -0.25) is 0 Å². The molecule has 1 aromatic rings. The van der Waals surface area contributed by atoms with Gasteiger partial charge in [-0.05, 0) is 33.6 Å². The van der Waals surface area contributed by atoms with Crippen LogP contribution in [0, 0.1) is 6.92 Å². The summed E-state index contributed by atoms with van der Waals surface area (Å²) in [5.41, 5.74) is 0. The van der Waals surface area contributed by atoms with Gasteiger partial charge in [-0.1, -0.05) is 0 Å². The van der Waals surface area contributed by atoms with Gasteiger partial charge in [0.1, 0.15) is 12.4 Å². The highest BCUT2D eigenvalue weighted by molar-refractivity contribution is 5.80. The van der Waals surface area contributed by atoms with Gasteiger partial charge in [-0.2, -0.15) is 0 Å². The monoisotopic (exact) mass is 294 g/mol. The molecule has 0 radical (unpaired) electrons. The van der Waals surface area contributed by atoms with Crippen molar-refractivity contribution in [3.63, 3.8) is 0 Å². The molecular formula is C14H26N6O. The third-order valence-corrected chi connectivity index (χ3v) is 3.51. The van der Waals surface area contributed by atoms with Crippen LogP contribution in [-0.2, 0) is 18.3 Å². The van der Waals surface area contributed by atoms with E-state index in [-0.39, 0.29) is 0 Å². The molecule has 2 N–H and O–H groups in total. The summed E-state index contributed by atoms with van der Waals surface area (Å²) in [5, 5.41) is 14.8. The van der Waals surface area contributed by atoms with Gasteiger partial charge in [0, 0.05) is 26.2 Å². The molecule has 0 aromatic carbocycles. The second-order valence-electron chi connectivity index (χ2n) is 5.70. The molecule has 0 amide bonds. The zero-order valence-corrected chi connectivity index (χ0v) is 13.4. The van der Waals surface area contributed by atoms with E-state index in [1.807, 2.05) is 18.5 Å². The van der Waals surface area contributed by atoms with E-state index in [1.165, 1.54) is 0 Å². The highest BCUT2D eigenvalue weighted by Gasteiger charge is 2.16. The Hall–Kier alpha value is -1.63. The number of hydrogen-bond acceptors (Lipinski definition) is 4. The molecule has 2 rings (SSSR count). The molecule has 1 unspecified atom stereocenters. The van der Waals surface area contributed by atoms with Crippen molar-refractivity contribution < 1.29 is 4.74 Å². The smallest absolute Gasteiger partial charge is 0.191 e. The highest BCUT2D eigenvalue weighted by atomic mass is 16.5. The van der Waals surface area contributed by atoms with Gasteiger partial charge in [0.05, 0.1) is 6.10 Å². The third-order valence-electron chi connectivity index (χ3n) is 3.51. The van der Waals surface area contributed by atoms with Crippen molar-refractivity contribution >= 4 is 5.96 Å². The zero-order chi connectivity index (χ0) is 15.2. The molecule has 118 valence electrons. The fourth-order valence-electron chi connectivity index (χ4n) is 2.18. The summed E-state index contributed by atoms with van der Waals surface area (Å²) >= 11 is 0. The second-order valence-corrected chi connectivity index (χ2v) is 5.70. The van der Waals surface area contributed by atoms with Crippen LogP contribution < -0.4 is 10.6 Å². The minimum atomic E-state index is 0.293. The quantitative estimate of drug-likeness (QED) is 0.619. The lowest BCUT2D eigenvalue weighted by atomic mass is 10.2. The number of nitrogens with zero attached hydrogens (tertiary/aromatic N) is 4. The first-order chi connectivity index (χ1) is 10.1. The minimum absolute atomic E-state index is 0.293. The first-order valence-electron chi connectivity index (χ1n) is 7.57. The van der Waals surface area contributed by atoms with Crippen molar-refractivity contribution in [1.82, 2.24) is 25.4 Å². The molecule has 1 fully saturated rings. The topological polar surface area (TPSA) is 76.4 Å². The number of hydrogen-bond donors (Lipinski definition) is 2. The number of aliphatic imine (C=N–C) groups is 1. The van der Waals surface area contributed by atoms with E-state index in [4.69, 9.17) is 4.74 Å². The molecule has 0 saturated carbocycles. The van der Waals surface area contributed by atoms with Crippen molar-refractivity contribution in [2.75, 3.05) is 13.2 Å². The number of rotatable bonds is 5. The van der Waals surface area contributed by atoms with Crippen LogP contribution >= 0.6 is 0 Å².